The molecule has 4 nitrogen and oxygen atoms in total. The summed E-state index contributed by atoms with van der Waals surface area (Å²) in [6.07, 6.45) is 1.95. The smallest absolute Gasteiger partial charge is 0.278 e. The Morgan fingerprint density at radius 3 is 2.88 bits per heavy atom. The van der Waals surface area contributed by atoms with Crippen molar-refractivity contribution in [1.82, 2.24) is 4.90 Å². The highest BCUT2D eigenvalue weighted by Crippen LogP contribution is 2.37. The predicted octanol–water partition coefficient (Wildman–Crippen LogP) is 2.52. The second-order valence-corrected chi connectivity index (χ2v) is 7.78. The molecule has 5 heteroatoms. The number of hydrogen-bond acceptors (Lipinski definition) is 3. The van der Waals surface area contributed by atoms with E-state index in [0.29, 0.717) is 6.54 Å². The molecule has 0 bridgehead atoms. The first kappa shape index (κ1) is 19.1. The van der Waals surface area contributed by atoms with Gasteiger partial charge in [0.1, 0.15) is 0 Å². The number of carbonyl (C=O) groups excluding carboxylic acids is 1. The zero-order valence-electron chi connectivity index (χ0n) is 15.7. The van der Waals surface area contributed by atoms with Gasteiger partial charge in [-0.15, -0.1) is 11.3 Å². The lowest BCUT2D eigenvalue weighted by atomic mass is 9.92. The fraction of sp³-hybridized carbons (Fsp3) is 0.476. The summed E-state index contributed by atoms with van der Waals surface area (Å²) in [7, 11) is 0. The van der Waals surface area contributed by atoms with Crippen molar-refractivity contribution in [3.05, 3.63) is 57.3 Å². The van der Waals surface area contributed by atoms with Gasteiger partial charge < -0.3 is 15.0 Å². The first-order valence-corrected chi connectivity index (χ1v) is 10.4. The molecule has 2 aromatic rings. The monoisotopic (exact) mass is 373 g/mol. The minimum Gasteiger partial charge on any atom is -0.382 e. The van der Waals surface area contributed by atoms with Gasteiger partial charge >= 0.3 is 0 Å². The van der Waals surface area contributed by atoms with Gasteiger partial charge in [-0.3, -0.25) is 4.79 Å². The molecular formula is C21H29N2O2S+. The Kier molecular flexibility index (Phi) is 6.83. The first-order valence-electron chi connectivity index (χ1n) is 9.52. The number of rotatable bonds is 8. The normalized spacial score (nSPS) is 16.5. The first-order chi connectivity index (χ1) is 12.7. The molecule has 1 aromatic heterocycles. The minimum atomic E-state index is 0.0509. The minimum absolute atomic E-state index is 0.0509. The molecular weight excluding hydrogens is 344 g/mol. The Labute approximate surface area is 160 Å². The summed E-state index contributed by atoms with van der Waals surface area (Å²) in [6, 6.07) is 10.8. The second kappa shape index (κ2) is 9.31. The molecule has 0 saturated carbocycles. The number of aryl methyl sites for hydroxylation is 1. The number of fused-ring (bicyclic) bond motifs is 1. The van der Waals surface area contributed by atoms with Gasteiger partial charge in [-0.1, -0.05) is 29.8 Å². The Morgan fingerprint density at radius 1 is 1.31 bits per heavy atom. The van der Waals surface area contributed by atoms with Crippen molar-refractivity contribution in [2.24, 2.45) is 0 Å². The van der Waals surface area contributed by atoms with Crippen LogP contribution < -0.4 is 5.32 Å². The maximum absolute atomic E-state index is 12.9. The summed E-state index contributed by atoms with van der Waals surface area (Å²) in [5, 5.41) is 4.26. The molecule has 1 atom stereocenters. The third-order valence-electron chi connectivity index (χ3n) is 4.90. The largest absolute Gasteiger partial charge is 0.382 e. The average molecular weight is 374 g/mol. The van der Waals surface area contributed by atoms with Crippen LogP contribution in [0, 0.1) is 6.92 Å². The summed E-state index contributed by atoms with van der Waals surface area (Å²) in [5.74, 6) is 0.226. The lowest BCUT2D eigenvalue weighted by Crippen LogP contribution is -2.87. The SMILES string of the molecule is CCOCCC[NH2+]CC(=O)N1CCc2sccc2[C@H]1c1ccc(C)cc1. The Morgan fingerprint density at radius 2 is 2.12 bits per heavy atom. The van der Waals surface area contributed by atoms with Crippen molar-refractivity contribution in [1.29, 1.82) is 0 Å². The van der Waals surface area contributed by atoms with E-state index in [1.165, 1.54) is 21.6 Å². The number of nitrogens with zero attached hydrogens (tertiary/aromatic N) is 1. The van der Waals surface area contributed by atoms with Gasteiger partial charge in [-0.05, 0) is 42.8 Å². The van der Waals surface area contributed by atoms with Crippen molar-refractivity contribution in [3.8, 4) is 0 Å². The van der Waals surface area contributed by atoms with Gasteiger partial charge in [-0.25, -0.2) is 0 Å². The van der Waals surface area contributed by atoms with Crippen LogP contribution in [-0.2, 0) is 16.0 Å². The summed E-state index contributed by atoms with van der Waals surface area (Å²) in [4.78, 5) is 16.4. The van der Waals surface area contributed by atoms with E-state index in [1.807, 2.05) is 18.3 Å². The number of nitrogens with two attached hydrogens (primary N) is 1. The standard InChI is InChI=1S/C21H28N2O2S/c1-3-25-13-4-11-22-15-20(24)23-12-9-19-18(10-14-26-19)21(23)17-7-5-16(2)6-8-17/h5-8,10,14,21-22H,3-4,9,11-13,15H2,1-2H3/p+1/t21-/m1/s1. The molecule has 2 heterocycles. The maximum atomic E-state index is 12.9. The molecule has 1 amide bonds. The summed E-state index contributed by atoms with van der Waals surface area (Å²) in [6.45, 7) is 7.88. The van der Waals surface area contributed by atoms with E-state index in [2.05, 4.69) is 52.9 Å². The molecule has 0 spiro atoms. The number of hydrogen-bond donors (Lipinski definition) is 1. The highest BCUT2D eigenvalue weighted by molar-refractivity contribution is 7.10. The molecule has 1 aromatic carbocycles. The Hall–Kier alpha value is -1.69. The lowest BCUT2D eigenvalue weighted by molar-refractivity contribution is -0.645. The molecule has 0 radical (unpaired) electrons. The van der Waals surface area contributed by atoms with Gasteiger partial charge in [0.05, 0.1) is 19.2 Å². The summed E-state index contributed by atoms with van der Waals surface area (Å²) < 4.78 is 5.36. The molecule has 1 aliphatic heterocycles. The topological polar surface area (TPSA) is 46.1 Å². The van der Waals surface area contributed by atoms with E-state index in [0.717, 1.165) is 39.1 Å². The van der Waals surface area contributed by atoms with Crippen molar-refractivity contribution in [2.75, 3.05) is 32.8 Å². The van der Waals surface area contributed by atoms with Crippen LogP contribution in [0.1, 0.15) is 41.0 Å². The van der Waals surface area contributed by atoms with Crippen molar-refractivity contribution in [2.45, 2.75) is 32.7 Å². The van der Waals surface area contributed by atoms with E-state index < -0.39 is 0 Å². The van der Waals surface area contributed by atoms with Crippen LogP contribution in [0.5, 0.6) is 0 Å². The third-order valence-corrected chi connectivity index (χ3v) is 5.90. The molecule has 1 aliphatic rings. The number of ether oxygens (including phenoxy) is 1. The second-order valence-electron chi connectivity index (χ2n) is 6.78. The number of benzene rings is 1. The average Bonchev–Trinajstić information content (AvgIpc) is 3.13. The van der Waals surface area contributed by atoms with E-state index in [9.17, 15) is 4.79 Å². The lowest BCUT2D eigenvalue weighted by Gasteiger charge is -2.36. The Bertz CT molecular complexity index is 711. The Balaban J connectivity index is 1.69. The molecule has 2 N–H and O–H groups in total. The fourth-order valence-corrected chi connectivity index (χ4v) is 4.41. The molecule has 0 unspecified atom stereocenters. The van der Waals surface area contributed by atoms with Gasteiger partial charge in [0.15, 0.2) is 6.54 Å². The number of thiophene rings is 1. The third kappa shape index (κ3) is 4.53. The predicted molar refractivity (Wildman–Crippen MR) is 106 cm³/mol. The fourth-order valence-electron chi connectivity index (χ4n) is 3.51. The molecule has 140 valence electrons. The number of carbonyl (C=O) groups is 1. The highest BCUT2D eigenvalue weighted by atomic mass is 32.1. The van der Waals surface area contributed by atoms with Crippen molar-refractivity contribution in [3.63, 3.8) is 0 Å². The number of amides is 1. The summed E-state index contributed by atoms with van der Waals surface area (Å²) >= 11 is 1.81. The van der Waals surface area contributed by atoms with E-state index in [-0.39, 0.29) is 11.9 Å². The van der Waals surface area contributed by atoms with Gasteiger partial charge in [0.25, 0.3) is 5.91 Å². The van der Waals surface area contributed by atoms with Crippen molar-refractivity contribution < 1.29 is 14.8 Å². The number of quaternary nitrogens is 1. The quantitative estimate of drug-likeness (QED) is 0.723. The van der Waals surface area contributed by atoms with Crippen LogP contribution in [0.15, 0.2) is 35.7 Å². The highest BCUT2D eigenvalue weighted by Gasteiger charge is 2.33. The van der Waals surface area contributed by atoms with Crippen LogP contribution in [0.3, 0.4) is 0 Å². The molecule has 0 aliphatic carbocycles. The van der Waals surface area contributed by atoms with E-state index in [1.54, 1.807) is 0 Å². The van der Waals surface area contributed by atoms with E-state index >= 15 is 0 Å². The van der Waals surface area contributed by atoms with Crippen LogP contribution in [0.2, 0.25) is 0 Å². The van der Waals surface area contributed by atoms with Crippen LogP contribution >= 0.6 is 11.3 Å². The molecule has 0 fully saturated rings. The van der Waals surface area contributed by atoms with Gasteiger partial charge in [0.2, 0.25) is 0 Å². The van der Waals surface area contributed by atoms with Crippen LogP contribution in [-0.4, -0.2) is 43.7 Å². The molecule has 26 heavy (non-hydrogen) atoms. The van der Waals surface area contributed by atoms with Crippen LogP contribution in [0.4, 0.5) is 0 Å². The van der Waals surface area contributed by atoms with E-state index in [4.69, 9.17) is 4.74 Å². The maximum Gasteiger partial charge on any atom is 0.278 e. The zero-order chi connectivity index (χ0) is 18.4. The molecule has 0 saturated heterocycles. The van der Waals surface area contributed by atoms with Crippen LogP contribution in [0.25, 0.3) is 0 Å². The van der Waals surface area contributed by atoms with Gasteiger partial charge in [-0.2, -0.15) is 0 Å². The van der Waals surface area contributed by atoms with Crippen molar-refractivity contribution >= 4 is 17.2 Å². The van der Waals surface area contributed by atoms with Gasteiger partial charge in [0, 0.05) is 24.4 Å². The summed E-state index contributed by atoms with van der Waals surface area (Å²) in [5.41, 5.74) is 3.75. The molecule has 3 rings (SSSR count). The zero-order valence-corrected chi connectivity index (χ0v) is 16.6.